The molecule has 2 aliphatic heterocycles. The fourth-order valence-corrected chi connectivity index (χ4v) is 6.93. The van der Waals surface area contributed by atoms with Gasteiger partial charge < -0.3 is 23.7 Å². The normalized spacial score (nSPS) is 41.6. The van der Waals surface area contributed by atoms with Crippen molar-refractivity contribution in [1.82, 2.24) is 0 Å². The van der Waals surface area contributed by atoms with Gasteiger partial charge in [0.15, 0.2) is 11.6 Å². The summed E-state index contributed by atoms with van der Waals surface area (Å²) < 4.78 is 24.8. The lowest BCUT2D eigenvalue weighted by molar-refractivity contribution is -0.236. The summed E-state index contributed by atoms with van der Waals surface area (Å²) in [5.74, 6) is 0.681. The standard InChI is InChI=1S/C22H32O5/c1-15(23)3-4-19-17-5-8-20(2)18(7-10-22(20)26-13-14-27-22)16(17)6-9-21(19)24-11-12-25-21/h5,16,18-19H,3-4,6-14H2,1-2H3/t16?,18-,19?,20-/m0/s1. The molecule has 0 aromatic rings. The Kier molecular flexibility index (Phi) is 4.32. The Labute approximate surface area is 161 Å². The van der Waals surface area contributed by atoms with E-state index in [0.29, 0.717) is 31.5 Å². The van der Waals surface area contributed by atoms with Crippen molar-refractivity contribution in [3.05, 3.63) is 11.6 Å². The second-order valence-corrected chi connectivity index (χ2v) is 9.37. The van der Waals surface area contributed by atoms with Gasteiger partial charge in [0.25, 0.3) is 0 Å². The van der Waals surface area contributed by atoms with Crippen LogP contribution in [-0.2, 0) is 23.7 Å². The zero-order valence-corrected chi connectivity index (χ0v) is 16.6. The molecule has 2 heterocycles. The molecule has 2 unspecified atom stereocenters. The fraction of sp³-hybridized carbons (Fsp3) is 0.864. The van der Waals surface area contributed by atoms with Crippen molar-refractivity contribution < 1.29 is 23.7 Å². The molecule has 3 aliphatic carbocycles. The Morgan fingerprint density at radius 1 is 1.07 bits per heavy atom. The summed E-state index contributed by atoms with van der Waals surface area (Å²) in [5, 5.41) is 0. The van der Waals surface area contributed by atoms with E-state index in [2.05, 4.69) is 13.0 Å². The quantitative estimate of drug-likeness (QED) is 0.704. The van der Waals surface area contributed by atoms with Crippen LogP contribution in [0.2, 0.25) is 0 Å². The van der Waals surface area contributed by atoms with Crippen LogP contribution in [0.4, 0.5) is 0 Å². The van der Waals surface area contributed by atoms with E-state index in [1.54, 1.807) is 6.92 Å². The first-order chi connectivity index (χ1) is 13.0. The van der Waals surface area contributed by atoms with E-state index < -0.39 is 5.79 Å². The number of carbonyl (C=O) groups is 1. The maximum absolute atomic E-state index is 11.7. The third-order valence-corrected chi connectivity index (χ3v) is 8.20. The van der Waals surface area contributed by atoms with Gasteiger partial charge >= 0.3 is 0 Å². The summed E-state index contributed by atoms with van der Waals surface area (Å²) in [6.45, 7) is 6.83. The summed E-state index contributed by atoms with van der Waals surface area (Å²) >= 11 is 0. The Morgan fingerprint density at radius 3 is 2.48 bits per heavy atom. The second-order valence-electron chi connectivity index (χ2n) is 9.37. The van der Waals surface area contributed by atoms with E-state index in [0.717, 1.165) is 51.7 Å². The number of allylic oxidation sites excluding steroid dienone is 1. The smallest absolute Gasteiger partial charge is 0.174 e. The van der Waals surface area contributed by atoms with Crippen molar-refractivity contribution in [2.24, 2.45) is 23.2 Å². The van der Waals surface area contributed by atoms with Gasteiger partial charge in [-0.15, -0.1) is 0 Å². The molecular weight excluding hydrogens is 344 g/mol. The van der Waals surface area contributed by atoms with Crippen molar-refractivity contribution >= 4 is 5.78 Å². The number of ketones is 1. The van der Waals surface area contributed by atoms with Crippen molar-refractivity contribution in [2.75, 3.05) is 26.4 Å². The third-order valence-electron chi connectivity index (χ3n) is 8.20. The van der Waals surface area contributed by atoms with E-state index in [1.165, 1.54) is 5.57 Å². The van der Waals surface area contributed by atoms with Crippen LogP contribution < -0.4 is 0 Å². The summed E-state index contributed by atoms with van der Waals surface area (Å²) in [4.78, 5) is 11.7. The Morgan fingerprint density at radius 2 is 1.78 bits per heavy atom. The summed E-state index contributed by atoms with van der Waals surface area (Å²) in [6, 6.07) is 0. The first-order valence-corrected chi connectivity index (χ1v) is 10.7. The van der Waals surface area contributed by atoms with Crippen LogP contribution in [0.3, 0.4) is 0 Å². The molecule has 4 atom stereocenters. The van der Waals surface area contributed by atoms with Crippen molar-refractivity contribution in [2.45, 2.75) is 70.4 Å². The number of hydrogen-bond donors (Lipinski definition) is 0. The van der Waals surface area contributed by atoms with Crippen molar-refractivity contribution in [3.63, 3.8) is 0 Å². The molecule has 5 aliphatic rings. The van der Waals surface area contributed by atoms with E-state index in [-0.39, 0.29) is 22.9 Å². The summed E-state index contributed by atoms with van der Waals surface area (Å²) in [7, 11) is 0. The minimum atomic E-state index is -0.498. The highest BCUT2D eigenvalue weighted by atomic mass is 16.7. The summed E-state index contributed by atoms with van der Waals surface area (Å²) in [5.41, 5.74) is 1.53. The number of carbonyl (C=O) groups excluding carboxylic acids is 1. The predicted molar refractivity (Wildman–Crippen MR) is 98.9 cm³/mol. The monoisotopic (exact) mass is 376 g/mol. The average molecular weight is 376 g/mol. The molecule has 5 heteroatoms. The van der Waals surface area contributed by atoms with Gasteiger partial charge in [-0.3, -0.25) is 0 Å². The Hall–Kier alpha value is -0.750. The van der Waals surface area contributed by atoms with E-state index in [1.807, 2.05) is 0 Å². The molecule has 0 radical (unpaired) electrons. The zero-order valence-electron chi connectivity index (χ0n) is 16.6. The summed E-state index contributed by atoms with van der Waals surface area (Å²) in [6.07, 6.45) is 9.04. The van der Waals surface area contributed by atoms with Crippen LogP contribution in [0.15, 0.2) is 11.6 Å². The Balaban J connectivity index is 1.48. The molecule has 0 N–H and O–H groups in total. The van der Waals surface area contributed by atoms with Gasteiger partial charge in [0, 0.05) is 30.6 Å². The molecule has 0 bridgehead atoms. The predicted octanol–water partition coefficient (Wildman–Crippen LogP) is 3.61. The van der Waals surface area contributed by atoms with Crippen LogP contribution in [0, 0.1) is 23.2 Å². The van der Waals surface area contributed by atoms with Crippen LogP contribution in [0.1, 0.15) is 58.8 Å². The fourth-order valence-electron chi connectivity index (χ4n) is 6.93. The third kappa shape index (κ3) is 2.54. The number of ether oxygens (including phenoxy) is 4. The van der Waals surface area contributed by atoms with Gasteiger partial charge in [-0.25, -0.2) is 0 Å². The van der Waals surface area contributed by atoms with Gasteiger partial charge in [0.2, 0.25) is 0 Å². The number of Topliss-reactive ketones (excluding diaryl/α,β-unsaturated/α-hetero) is 1. The van der Waals surface area contributed by atoms with Gasteiger partial charge in [0.1, 0.15) is 5.78 Å². The Bertz CT molecular complexity index is 643. The zero-order chi connectivity index (χ0) is 18.7. The van der Waals surface area contributed by atoms with Crippen LogP contribution in [-0.4, -0.2) is 43.8 Å². The number of hydrogen-bond acceptors (Lipinski definition) is 5. The number of rotatable bonds is 3. The molecule has 0 aromatic heterocycles. The minimum absolute atomic E-state index is 0.0463. The average Bonchev–Trinajstić information content (AvgIpc) is 3.36. The lowest BCUT2D eigenvalue weighted by Crippen LogP contribution is -2.53. The van der Waals surface area contributed by atoms with Gasteiger partial charge in [0.05, 0.1) is 26.4 Å². The molecule has 2 saturated carbocycles. The highest BCUT2D eigenvalue weighted by molar-refractivity contribution is 5.75. The van der Waals surface area contributed by atoms with E-state index in [4.69, 9.17) is 18.9 Å². The van der Waals surface area contributed by atoms with Crippen LogP contribution >= 0.6 is 0 Å². The van der Waals surface area contributed by atoms with E-state index >= 15 is 0 Å². The maximum Gasteiger partial charge on any atom is 0.174 e. The van der Waals surface area contributed by atoms with Gasteiger partial charge in [-0.2, -0.15) is 0 Å². The van der Waals surface area contributed by atoms with Crippen LogP contribution in [0.25, 0.3) is 0 Å². The molecule has 0 amide bonds. The van der Waals surface area contributed by atoms with Crippen molar-refractivity contribution in [1.29, 1.82) is 0 Å². The van der Waals surface area contributed by atoms with E-state index in [9.17, 15) is 4.79 Å². The highest BCUT2D eigenvalue weighted by Gasteiger charge is 2.65. The topological polar surface area (TPSA) is 54.0 Å². The van der Waals surface area contributed by atoms with Gasteiger partial charge in [-0.05, 0) is 44.4 Å². The van der Waals surface area contributed by atoms with Crippen molar-refractivity contribution in [3.8, 4) is 0 Å². The molecule has 5 nitrogen and oxygen atoms in total. The highest BCUT2D eigenvalue weighted by Crippen LogP contribution is 2.65. The largest absolute Gasteiger partial charge is 0.347 e. The SMILES string of the molecule is CC(=O)CCC1C2=CC[C@@]3(C)[C@@H](CCC34OCCO4)C2CCC12OCCO2. The van der Waals surface area contributed by atoms with Crippen LogP contribution in [0.5, 0.6) is 0 Å². The first kappa shape index (κ1) is 18.3. The lowest BCUT2D eigenvalue weighted by atomic mass is 9.56. The second kappa shape index (κ2) is 6.38. The molecule has 4 fully saturated rings. The molecule has 0 aromatic carbocycles. The number of fused-ring (bicyclic) bond motifs is 4. The molecule has 2 saturated heterocycles. The molecule has 5 rings (SSSR count). The molecule has 2 spiro atoms. The minimum Gasteiger partial charge on any atom is -0.347 e. The van der Waals surface area contributed by atoms with Gasteiger partial charge in [-0.1, -0.05) is 18.6 Å². The maximum atomic E-state index is 11.7. The molecule has 150 valence electrons. The molecule has 27 heavy (non-hydrogen) atoms. The molecular formula is C22H32O5. The first-order valence-electron chi connectivity index (χ1n) is 10.7. The lowest BCUT2D eigenvalue weighted by Gasteiger charge is -2.53.